The van der Waals surface area contributed by atoms with Crippen LogP contribution in [0.25, 0.3) is 0 Å². The van der Waals surface area contributed by atoms with Gasteiger partial charge in [-0.2, -0.15) is 0 Å². The van der Waals surface area contributed by atoms with Crippen molar-refractivity contribution >= 4 is 41.4 Å². The molecule has 0 saturated carbocycles. The van der Waals surface area contributed by atoms with Gasteiger partial charge in [0, 0.05) is 32.4 Å². The summed E-state index contributed by atoms with van der Waals surface area (Å²) in [6.45, 7) is 7.90. The molecule has 15 heteroatoms. The van der Waals surface area contributed by atoms with Crippen molar-refractivity contribution in [3.05, 3.63) is 102 Å². The van der Waals surface area contributed by atoms with Gasteiger partial charge in [0.05, 0.1) is 0 Å². The Hall–Kier alpha value is -6.25. The average Bonchev–Trinajstić information content (AvgIpc) is 4.01. The Balaban J connectivity index is 1.42. The molecule has 0 spiro atoms. The molecule has 3 heterocycles. The Morgan fingerprint density at radius 1 is 0.500 bits per heavy atom. The molecule has 6 N–H and O–H groups in total. The van der Waals surface area contributed by atoms with Crippen molar-refractivity contribution in [2.24, 2.45) is 11.8 Å². The van der Waals surface area contributed by atoms with Crippen LogP contribution in [-0.2, 0) is 52.8 Å². The second kappa shape index (κ2) is 21.9. The highest BCUT2D eigenvalue weighted by Crippen LogP contribution is 2.24. The third-order valence-corrected chi connectivity index (χ3v) is 13.1. The van der Waals surface area contributed by atoms with E-state index < -0.39 is 89.6 Å². The Morgan fingerprint density at radius 3 is 1.30 bits per heavy atom. The molecule has 64 heavy (non-hydrogen) atoms. The van der Waals surface area contributed by atoms with Gasteiger partial charge in [-0.3, -0.25) is 33.6 Å². The number of phenols is 1. The van der Waals surface area contributed by atoms with Gasteiger partial charge in [-0.15, -0.1) is 0 Å². The predicted molar refractivity (Wildman–Crippen MR) is 240 cm³/mol. The molecule has 0 aromatic heterocycles. The lowest BCUT2D eigenvalue weighted by Crippen LogP contribution is -2.61. The van der Waals surface area contributed by atoms with E-state index in [0.717, 1.165) is 11.1 Å². The summed E-state index contributed by atoms with van der Waals surface area (Å²) in [5.74, 6) is -4.66. The molecule has 6 rings (SSSR count). The number of hydrogen-bond acceptors (Lipinski definition) is 8. The molecule has 3 aliphatic heterocycles. The lowest BCUT2D eigenvalue weighted by Gasteiger charge is -2.33. The highest BCUT2D eigenvalue weighted by molar-refractivity contribution is 5.99. The molecule has 0 aliphatic carbocycles. The monoisotopic (exact) mass is 877 g/mol. The number of nitrogens with one attached hydrogen (secondary N) is 5. The van der Waals surface area contributed by atoms with Crippen molar-refractivity contribution in [3.63, 3.8) is 0 Å². The Morgan fingerprint density at radius 2 is 0.875 bits per heavy atom. The lowest BCUT2D eigenvalue weighted by molar-refractivity contribution is -0.143. The van der Waals surface area contributed by atoms with E-state index in [4.69, 9.17) is 0 Å². The minimum absolute atomic E-state index is 0.0165. The standard InChI is InChI=1S/C49H63N7O8/c1-5-30(3)41-46(61)50-36(27-34-21-23-35(57)24-22-34)43(58)51-37(28-32-15-9-7-10-16-32)48(63)55-25-13-19-39(55)45(60)54-42(31(4)6-2)47(62)52-38(29-33-17-11-8-12-18-33)49(64)56-26-14-20-40(56)44(59)53-41/h7-12,15-18,21-24,30-31,36-42,57H,5-6,13-14,19-20,25-29H2,1-4H3,(H,50,61)(H,51,58)(H,52,62)(H,53,59)(H,54,60)/t30-,31-,36-,37-,38-,39-,40-,41-,42-/m0/s1. The summed E-state index contributed by atoms with van der Waals surface area (Å²) in [6, 6.07) is 17.0. The van der Waals surface area contributed by atoms with Gasteiger partial charge < -0.3 is 41.5 Å². The Labute approximate surface area is 375 Å². The maximum absolute atomic E-state index is 14.8. The zero-order chi connectivity index (χ0) is 45.9. The highest BCUT2D eigenvalue weighted by atomic mass is 16.3. The summed E-state index contributed by atoms with van der Waals surface area (Å²) in [5, 5.41) is 24.6. The van der Waals surface area contributed by atoms with Crippen molar-refractivity contribution in [3.8, 4) is 5.75 Å². The zero-order valence-electron chi connectivity index (χ0n) is 37.3. The number of benzene rings is 3. The summed E-state index contributed by atoms with van der Waals surface area (Å²) in [7, 11) is 0. The fourth-order valence-electron chi connectivity index (χ4n) is 8.88. The molecule has 3 aliphatic rings. The SMILES string of the molecule is CC[C@H](C)[C@@H]1NC(=O)[C@@H]2CCCN2C(=O)[C@H](Cc2ccccc2)NC(=O)[C@H](Cc2ccc(O)cc2)NC(=O)[C@H]([C@@H](C)CC)NC(=O)[C@@H]2CCCN2C(=O)[C@H](Cc2ccccc2)NC1=O. The summed E-state index contributed by atoms with van der Waals surface area (Å²) in [6.07, 6.45) is 2.83. The van der Waals surface area contributed by atoms with E-state index >= 15 is 0 Å². The van der Waals surface area contributed by atoms with Crippen LogP contribution in [0.2, 0.25) is 0 Å². The Kier molecular flexibility index (Phi) is 16.2. The lowest BCUT2D eigenvalue weighted by atomic mass is 9.96. The van der Waals surface area contributed by atoms with Crippen molar-refractivity contribution < 1.29 is 38.7 Å². The van der Waals surface area contributed by atoms with Crippen LogP contribution in [0.3, 0.4) is 0 Å². The second-order valence-corrected chi connectivity index (χ2v) is 17.6. The molecule has 3 fully saturated rings. The highest BCUT2D eigenvalue weighted by Gasteiger charge is 2.43. The van der Waals surface area contributed by atoms with Gasteiger partial charge in [-0.1, -0.05) is 113 Å². The number of amides is 7. The quantitative estimate of drug-likeness (QED) is 0.178. The fraction of sp³-hybridized carbons (Fsp3) is 0.490. The molecule has 0 bridgehead atoms. The summed E-state index contributed by atoms with van der Waals surface area (Å²) in [5.41, 5.74) is 2.14. The molecule has 3 aromatic carbocycles. The van der Waals surface area contributed by atoms with Crippen molar-refractivity contribution in [1.82, 2.24) is 36.4 Å². The largest absolute Gasteiger partial charge is 0.508 e. The average molecular weight is 878 g/mol. The third-order valence-electron chi connectivity index (χ3n) is 13.1. The number of rotatable bonds is 10. The first-order valence-corrected chi connectivity index (χ1v) is 22.8. The molecule has 342 valence electrons. The first-order valence-electron chi connectivity index (χ1n) is 22.8. The van der Waals surface area contributed by atoms with E-state index in [1.54, 1.807) is 12.1 Å². The van der Waals surface area contributed by atoms with E-state index in [0.29, 0.717) is 44.1 Å². The fourth-order valence-corrected chi connectivity index (χ4v) is 8.88. The second-order valence-electron chi connectivity index (χ2n) is 17.6. The van der Waals surface area contributed by atoms with Gasteiger partial charge in [0.15, 0.2) is 0 Å². The molecule has 3 aromatic rings. The molecule has 7 amide bonds. The number of hydrogen-bond donors (Lipinski definition) is 6. The maximum Gasteiger partial charge on any atom is 0.246 e. The summed E-state index contributed by atoms with van der Waals surface area (Å²) < 4.78 is 0. The predicted octanol–water partition coefficient (Wildman–Crippen LogP) is 2.93. The molecular weight excluding hydrogens is 815 g/mol. The number of phenolic OH excluding ortho intramolecular Hbond substituents is 1. The van der Waals surface area contributed by atoms with Crippen molar-refractivity contribution in [1.29, 1.82) is 0 Å². The van der Waals surface area contributed by atoms with Crippen LogP contribution in [0.5, 0.6) is 5.75 Å². The zero-order valence-corrected chi connectivity index (χ0v) is 37.3. The van der Waals surface area contributed by atoms with E-state index in [2.05, 4.69) is 26.6 Å². The minimum atomic E-state index is -1.24. The van der Waals surface area contributed by atoms with E-state index in [1.165, 1.54) is 21.9 Å². The normalized spacial score (nSPS) is 26.3. The number of nitrogens with zero attached hydrogens (tertiary/aromatic N) is 2. The summed E-state index contributed by atoms with van der Waals surface area (Å²) in [4.78, 5) is 105. The van der Waals surface area contributed by atoms with Gasteiger partial charge >= 0.3 is 0 Å². The first-order chi connectivity index (χ1) is 30.8. The molecule has 15 nitrogen and oxygen atoms in total. The Bertz CT molecular complexity index is 2120. The van der Waals surface area contributed by atoms with Crippen LogP contribution in [0, 0.1) is 11.8 Å². The van der Waals surface area contributed by atoms with E-state index in [9.17, 15) is 38.7 Å². The number of aromatic hydroxyl groups is 1. The molecule has 9 atom stereocenters. The number of carbonyl (C=O) groups excluding carboxylic acids is 7. The first kappa shape index (κ1) is 47.2. The van der Waals surface area contributed by atoms with Crippen LogP contribution >= 0.6 is 0 Å². The van der Waals surface area contributed by atoms with Crippen molar-refractivity contribution in [2.45, 2.75) is 128 Å². The van der Waals surface area contributed by atoms with E-state index in [1.807, 2.05) is 88.4 Å². The van der Waals surface area contributed by atoms with Crippen LogP contribution in [0.4, 0.5) is 0 Å². The van der Waals surface area contributed by atoms with Crippen molar-refractivity contribution in [2.75, 3.05) is 13.1 Å². The summed E-state index contributed by atoms with van der Waals surface area (Å²) >= 11 is 0. The van der Waals surface area contributed by atoms with Crippen LogP contribution in [-0.4, -0.2) is 112 Å². The van der Waals surface area contributed by atoms with E-state index in [-0.39, 0.29) is 44.0 Å². The molecular formula is C49H63N7O8. The van der Waals surface area contributed by atoms with Gasteiger partial charge in [-0.25, -0.2) is 0 Å². The number of fused-ring (bicyclic) bond motifs is 2. The van der Waals surface area contributed by atoms with Crippen LogP contribution in [0.1, 0.15) is 82.9 Å². The molecule has 3 saturated heterocycles. The molecule has 0 unspecified atom stereocenters. The van der Waals surface area contributed by atoms with Gasteiger partial charge in [-0.05, 0) is 66.3 Å². The number of carbonyl (C=O) groups is 7. The van der Waals surface area contributed by atoms with Gasteiger partial charge in [0.2, 0.25) is 41.4 Å². The van der Waals surface area contributed by atoms with Crippen LogP contribution in [0.15, 0.2) is 84.9 Å². The minimum Gasteiger partial charge on any atom is -0.508 e. The van der Waals surface area contributed by atoms with Gasteiger partial charge in [0.1, 0.15) is 48.0 Å². The maximum atomic E-state index is 14.8. The molecule has 0 radical (unpaired) electrons. The van der Waals surface area contributed by atoms with Crippen LogP contribution < -0.4 is 26.6 Å². The smallest absolute Gasteiger partial charge is 0.246 e. The third kappa shape index (κ3) is 11.7. The van der Waals surface area contributed by atoms with Gasteiger partial charge in [0.25, 0.3) is 0 Å². The topological polar surface area (TPSA) is 206 Å².